The third kappa shape index (κ3) is 4.47. The summed E-state index contributed by atoms with van der Waals surface area (Å²) in [4.78, 5) is 29.7. The van der Waals surface area contributed by atoms with Gasteiger partial charge >= 0.3 is 0 Å². The van der Waals surface area contributed by atoms with E-state index >= 15 is 0 Å². The van der Waals surface area contributed by atoms with Gasteiger partial charge in [-0.2, -0.15) is 0 Å². The van der Waals surface area contributed by atoms with E-state index < -0.39 is 0 Å². The Morgan fingerprint density at radius 1 is 0.800 bits per heavy atom. The molecule has 2 amide bonds. The van der Waals surface area contributed by atoms with Crippen LogP contribution in [0, 0.1) is 0 Å². The van der Waals surface area contributed by atoms with Gasteiger partial charge in [0.1, 0.15) is 0 Å². The van der Waals surface area contributed by atoms with Crippen molar-refractivity contribution in [2.24, 2.45) is 0 Å². The number of nitrogens with zero attached hydrogens (tertiary/aromatic N) is 3. The normalized spacial score (nSPS) is 21.6. The Balaban J connectivity index is 1.67. The number of carbonyl (C=O) groups is 2. The predicted molar refractivity (Wildman–Crippen MR) is 78.4 cm³/mol. The molecule has 5 nitrogen and oxygen atoms in total. The Labute approximate surface area is 121 Å². The molecule has 0 radical (unpaired) electrons. The molecule has 2 aliphatic heterocycles. The lowest BCUT2D eigenvalue weighted by Gasteiger charge is -2.34. The Morgan fingerprint density at radius 3 is 1.95 bits per heavy atom. The lowest BCUT2D eigenvalue weighted by atomic mass is 10.2. The average Bonchev–Trinajstić information content (AvgIpc) is 2.74. The van der Waals surface area contributed by atoms with Gasteiger partial charge in [0.2, 0.25) is 11.8 Å². The number of hydrogen-bond donors (Lipinski definition) is 0. The Kier molecular flexibility index (Phi) is 5.83. The topological polar surface area (TPSA) is 43.9 Å². The molecule has 0 aromatic rings. The van der Waals surface area contributed by atoms with Gasteiger partial charge < -0.3 is 9.80 Å². The van der Waals surface area contributed by atoms with Gasteiger partial charge in [0.25, 0.3) is 0 Å². The zero-order valence-corrected chi connectivity index (χ0v) is 12.6. The first kappa shape index (κ1) is 15.3. The van der Waals surface area contributed by atoms with Crippen molar-refractivity contribution in [1.29, 1.82) is 0 Å². The highest BCUT2D eigenvalue weighted by atomic mass is 16.2. The predicted octanol–water partition coefficient (Wildman–Crippen LogP) is 0.943. The molecule has 0 unspecified atom stereocenters. The van der Waals surface area contributed by atoms with Crippen LogP contribution < -0.4 is 0 Å². The van der Waals surface area contributed by atoms with E-state index in [0.29, 0.717) is 12.3 Å². The lowest BCUT2D eigenvalue weighted by Crippen LogP contribution is -2.48. The van der Waals surface area contributed by atoms with Gasteiger partial charge in [-0.05, 0) is 12.8 Å². The molecule has 20 heavy (non-hydrogen) atoms. The second kappa shape index (κ2) is 7.62. The molecule has 2 fully saturated rings. The smallest absolute Gasteiger partial charge is 0.223 e. The molecular weight excluding hydrogens is 254 g/mol. The van der Waals surface area contributed by atoms with Crippen LogP contribution in [-0.2, 0) is 9.59 Å². The molecular formula is C15H27N3O2. The monoisotopic (exact) mass is 281 g/mol. The number of amides is 2. The average molecular weight is 281 g/mol. The van der Waals surface area contributed by atoms with Gasteiger partial charge in [0.15, 0.2) is 0 Å². The zero-order valence-electron chi connectivity index (χ0n) is 12.6. The summed E-state index contributed by atoms with van der Waals surface area (Å²) in [6.45, 7) is 7.73. The number of carbonyl (C=O) groups excluding carboxylic acids is 2. The minimum absolute atomic E-state index is 0.158. The Hall–Kier alpha value is -1.10. The number of rotatable bonds is 3. The van der Waals surface area contributed by atoms with Crippen LogP contribution in [0.4, 0.5) is 0 Å². The van der Waals surface area contributed by atoms with Crippen LogP contribution in [-0.4, -0.2) is 72.3 Å². The van der Waals surface area contributed by atoms with Crippen LogP contribution in [0.2, 0.25) is 0 Å². The fraction of sp³-hybridized carbons (Fsp3) is 0.867. The Morgan fingerprint density at radius 2 is 1.40 bits per heavy atom. The van der Waals surface area contributed by atoms with Crippen molar-refractivity contribution in [2.75, 3.05) is 45.8 Å². The third-order valence-corrected chi connectivity index (χ3v) is 4.42. The minimum Gasteiger partial charge on any atom is -0.343 e. The molecule has 0 bridgehead atoms. The maximum atomic E-state index is 12.2. The van der Waals surface area contributed by atoms with Gasteiger partial charge in [-0.1, -0.05) is 12.8 Å². The third-order valence-electron chi connectivity index (χ3n) is 4.42. The van der Waals surface area contributed by atoms with Crippen LogP contribution in [0.3, 0.4) is 0 Å². The summed E-state index contributed by atoms with van der Waals surface area (Å²) in [5.74, 6) is 0.464. The van der Waals surface area contributed by atoms with Crippen LogP contribution in [0.15, 0.2) is 0 Å². The fourth-order valence-corrected chi connectivity index (χ4v) is 3.02. The second-order valence-electron chi connectivity index (χ2n) is 5.89. The van der Waals surface area contributed by atoms with Crippen LogP contribution >= 0.6 is 0 Å². The van der Waals surface area contributed by atoms with Gasteiger partial charge in [0.05, 0.1) is 0 Å². The highest BCUT2D eigenvalue weighted by Crippen LogP contribution is 2.11. The molecule has 2 heterocycles. The van der Waals surface area contributed by atoms with Crippen molar-refractivity contribution in [1.82, 2.24) is 14.7 Å². The molecule has 114 valence electrons. The highest BCUT2D eigenvalue weighted by molar-refractivity contribution is 5.76. The maximum Gasteiger partial charge on any atom is 0.223 e. The van der Waals surface area contributed by atoms with Crippen LogP contribution in [0.25, 0.3) is 0 Å². The van der Waals surface area contributed by atoms with Gasteiger partial charge in [-0.25, -0.2) is 0 Å². The summed E-state index contributed by atoms with van der Waals surface area (Å²) < 4.78 is 0. The SMILES string of the molecule is CC(=O)N1CCN(CCC(=O)N2CCCCCC2)CC1. The van der Waals surface area contributed by atoms with Crippen LogP contribution in [0.5, 0.6) is 0 Å². The number of likely N-dealkylation sites (tertiary alicyclic amines) is 1. The van der Waals surface area contributed by atoms with E-state index in [1.165, 1.54) is 12.8 Å². The van der Waals surface area contributed by atoms with Crippen molar-refractivity contribution in [3.63, 3.8) is 0 Å². The molecule has 0 aromatic heterocycles. The van der Waals surface area contributed by atoms with Gasteiger partial charge in [0, 0.05) is 59.2 Å². The van der Waals surface area contributed by atoms with Crippen LogP contribution in [0.1, 0.15) is 39.0 Å². The first-order valence-corrected chi connectivity index (χ1v) is 7.92. The summed E-state index contributed by atoms with van der Waals surface area (Å²) in [5.41, 5.74) is 0. The minimum atomic E-state index is 0.158. The summed E-state index contributed by atoms with van der Waals surface area (Å²) in [6, 6.07) is 0. The number of hydrogen-bond acceptors (Lipinski definition) is 3. The molecule has 2 aliphatic rings. The van der Waals surface area contributed by atoms with Crippen molar-refractivity contribution in [3.05, 3.63) is 0 Å². The summed E-state index contributed by atoms with van der Waals surface area (Å²) in [6.07, 6.45) is 5.46. The van der Waals surface area contributed by atoms with Crippen molar-refractivity contribution in [3.8, 4) is 0 Å². The summed E-state index contributed by atoms with van der Waals surface area (Å²) in [7, 11) is 0. The van der Waals surface area contributed by atoms with Crippen molar-refractivity contribution in [2.45, 2.75) is 39.0 Å². The standard InChI is InChI=1S/C15H27N3O2/c1-14(19)17-12-10-16(11-13-17)9-6-15(20)18-7-4-2-3-5-8-18/h2-13H2,1H3. The van der Waals surface area contributed by atoms with Gasteiger partial charge in [-0.15, -0.1) is 0 Å². The quantitative estimate of drug-likeness (QED) is 0.773. The highest BCUT2D eigenvalue weighted by Gasteiger charge is 2.20. The molecule has 5 heteroatoms. The molecule has 0 spiro atoms. The molecule has 0 aliphatic carbocycles. The van der Waals surface area contributed by atoms with E-state index in [9.17, 15) is 9.59 Å². The molecule has 2 rings (SSSR count). The summed E-state index contributed by atoms with van der Waals surface area (Å²) in [5, 5.41) is 0. The van der Waals surface area contributed by atoms with E-state index in [0.717, 1.165) is 58.7 Å². The van der Waals surface area contributed by atoms with Gasteiger partial charge in [-0.3, -0.25) is 14.5 Å². The molecule has 0 saturated carbocycles. The van der Waals surface area contributed by atoms with E-state index in [4.69, 9.17) is 0 Å². The lowest BCUT2D eigenvalue weighted by molar-refractivity contribution is -0.133. The van der Waals surface area contributed by atoms with E-state index in [1.807, 2.05) is 9.80 Å². The fourth-order valence-electron chi connectivity index (χ4n) is 3.02. The van der Waals surface area contributed by atoms with Crippen molar-refractivity contribution < 1.29 is 9.59 Å². The van der Waals surface area contributed by atoms with E-state index in [-0.39, 0.29) is 5.91 Å². The van der Waals surface area contributed by atoms with Crippen molar-refractivity contribution >= 4 is 11.8 Å². The second-order valence-corrected chi connectivity index (χ2v) is 5.89. The summed E-state index contributed by atoms with van der Waals surface area (Å²) >= 11 is 0. The number of piperazine rings is 1. The molecule has 0 aromatic carbocycles. The zero-order chi connectivity index (χ0) is 14.4. The first-order valence-electron chi connectivity index (χ1n) is 7.92. The Bertz CT molecular complexity index is 330. The van der Waals surface area contributed by atoms with E-state index in [1.54, 1.807) is 6.92 Å². The van der Waals surface area contributed by atoms with E-state index in [2.05, 4.69) is 4.90 Å². The molecule has 2 saturated heterocycles. The molecule has 0 atom stereocenters. The largest absolute Gasteiger partial charge is 0.343 e. The first-order chi connectivity index (χ1) is 9.66. The molecule has 0 N–H and O–H groups in total. The maximum absolute atomic E-state index is 12.2.